The normalized spacial score (nSPS) is 10.9. The third-order valence-electron chi connectivity index (χ3n) is 3.35. The first-order valence-electron chi connectivity index (χ1n) is 7.19. The van der Waals surface area contributed by atoms with E-state index in [9.17, 15) is 9.59 Å². The van der Waals surface area contributed by atoms with E-state index in [4.69, 9.17) is 19.0 Å². The van der Waals surface area contributed by atoms with Crippen LogP contribution in [0, 0.1) is 13.8 Å². The second-order valence-corrected chi connectivity index (χ2v) is 7.31. The van der Waals surface area contributed by atoms with Gasteiger partial charge in [0.25, 0.3) is 0 Å². The molecule has 0 radical (unpaired) electrons. The summed E-state index contributed by atoms with van der Waals surface area (Å²) < 4.78 is 10.3. The van der Waals surface area contributed by atoms with Gasteiger partial charge in [0.1, 0.15) is 11.5 Å². The summed E-state index contributed by atoms with van der Waals surface area (Å²) in [5.41, 5.74) is 1.80. The number of hydrogen-bond donors (Lipinski definition) is 2. The van der Waals surface area contributed by atoms with Crippen LogP contribution in [-0.2, 0) is 11.5 Å². The Morgan fingerprint density at radius 2 is 1.25 bits per heavy atom. The van der Waals surface area contributed by atoms with Crippen LogP contribution in [0.4, 0.5) is 0 Å². The van der Waals surface area contributed by atoms with E-state index >= 15 is 0 Å². The number of aryl methyl sites for hydroxylation is 2. The molecular weight excluding hydrogens is 352 g/mol. The van der Waals surface area contributed by atoms with E-state index in [1.807, 2.05) is 0 Å². The molecule has 24 heavy (non-hydrogen) atoms. The van der Waals surface area contributed by atoms with Crippen LogP contribution in [-0.4, -0.2) is 33.7 Å². The predicted octanol–water partition coefficient (Wildman–Crippen LogP) is 4.05. The molecule has 0 bridgehead atoms. The molecule has 0 aliphatic heterocycles. The van der Waals surface area contributed by atoms with Crippen molar-refractivity contribution in [2.45, 2.75) is 25.4 Å². The number of furan rings is 2. The van der Waals surface area contributed by atoms with Crippen LogP contribution in [0.1, 0.15) is 43.8 Å². The summed E-state index contributed by atoms with van der Waals surface area (Å²) in [7, 11) is 0. The Bertz CT molecular complexity index is 669. The van der Waals surface area contributed by atoms with Gasteiger partial charge in [-0.05, 0) is 26.0 Å². The molecule has 0 saturated heterocycles. The Balaban J connectivity index is 1.70. The number of rotatable bonds is 9. The standard InChI is InChI=1S/C16H18O6S2/c1-9-11(5-13(21-9)15(17)18)7-23-3-4-24-8-12-6-14(16(19)20)22-10(12)2/h5-6H,3-4,7-8H2,1-2H3,(H,17,18)(H,19,20). The number of carbonyl (C=O) groups is 2. The van der Waals surface area contributed by atoms with Gasteiger partial charge in [0.2, 0.25) is 11.5 Å². The van der Waals surface area contributed by atoms with Crippen molar-refractivity contribution < 1.29 is 28.6 Å². The minimum Gasteiger partial charge on any atom is -0.475 e. The lowest BCUT2D eigenvalue weighted by Gasteiger charge is -2.01. The van der Waals surface area contributed by atoms with Crippen molar-refractivity contribution in [3.63, 3.8) is 0 Å². The fourth-order valence-electron chi connectivity index (χ4n) is 2.02. The monoisotopic (exact) mass is 370 g/mol. The highest BCUT2D eigenvalue weighted by atomic mass is 32.2. The van der Waals surface area contributed by atoms with E-state index in [0.717, 1.165) is 22.6 Å². The summed E-state index contributed by atoms with van der Waals surface area (Å²) in [5, 5.41) is 17.8. The van der Waals surface area contributed by atoms with Gasteiger partial charge < -0.3 is 19.0 Å². The average molecular weight is 370 g/mol. The number of carboxylic acids is 2. The quantitative estimate of drug-likeness (QED) is 0.638. The molecule has 0 atom stereocenters. The number of hydrogen-bond acceptors (Lipinski definition) is 6. The first-order chi connectivity index (χ1) is 11.4. The molecule has 0 aliphatic rings. The van der Waals surface area contributed by atoms with Crippen LogP contribution in [0.2, 0.25) is 0 Å². The predicted molar refractivity (Wildman–Crippen MR) is 93.1 cm³/mol. The molecule has 0 amide bonds. The Morgan fingerprint density at radius 1 is 0.875 bits per heavy atom. The summed E-state index contributed by atoms with van der Waals surface area (Å²) in [6.45, 7) is 3.53. The molecular formula is C16H18O6S2. The van der Waals surface area contributed by atoms with Gasteiger partial charge in [0.15, 0.2) is 0 Å². The maximum absolute atomic E-state index is 10.8. The number of aromatic carboxylic acids is 2. The molecule has 8 heteroatoms. The third kappa shape index (κ3) is 4.85. The molecule has 0 aromatic carbocycles. The van der Waals surface area contributed by atoms with Crippen molar-refractivity contribution in [1.29, 1.82) is 0 Å². The van der Waals surface area contributed by atoms with Gasteiger partial charge in [-0.15, -0.1) is 0 Å². The molecule has 2 aromatic rings. The van der Waals surface area contributed by atoms with E-state index in [-0.39, 0.29) is 11.5 Å². The summed E-state index contributed by atoms with van der Waals surface area (Å²) in [5.74, 6) is 2.34. The van der Waals surface area contributed by atoms with E-state index in [0.29, 0.717) is 23.0 Å². The number of thioether (sulfide) groups is 2. The SMILES string of the molecule is Cc1oc(C(=O)O)cc1CSCCSCc1cc(C(=O)O)oc1C. The molecule has 2 N–H and O–H groups in total. The molecule has 0 saturated carbocycles. The smallest absolute Gasteiger partial charge is 0.371 e. The minimum absolute atomic E-state index is 0.0258. The van der Waals surface area contributed by atoms with Gasteiger partial charge in [0, 0.05) is 34.1 Å². The summed E-state index contributed by atoms with van der Waals surface area (Å²) >= 11 is 3.41. The van der Waals surface area contributed by atoms with E-state index < -0.39 is 11.9 Å². The highest BCUT2D eigenvalue weighted by Crippen LogP contribution is 2.23. The highest BCUT2D eigenvalue weighted by Gasteiger charge is 2.14. The van der Waals surface area contributed by atoms with Crippen molar-refractivity contribution >= 4 is 35.5 Å². The van der Waals surface area contributed by atoms with Crippen LogP contribution >= 0.6 is 23.5 Å². The lowest BCUT2D eigenvalue weighted by Crippen LogP contribution is -1.92. The molecule has 0 fully saturated rings. The van der Waals surface area contributed by atoms with Crippen molar-refractivity contribution in [2.75, 3.05) is 11.5 Å². The van der Waals surface area contributed by atoms with Gasteiger partial charge in [-0.2, -0.15) is 23.5 Å². The van der Waals surface area contributed by atoms with Gasteiger partial charge in [-0.25, -0.2) is 9.59 Å². The van der Waals surface area contributed by atoms with E-state index in [1.165, 1.54) is 0 Å². The average Bonchev–Trinajstić information content (AvgIpc) is 3.07. The van der Waals surface area contributed by atoms with Gasteiger partial charge in [0.05, 0.1) is 0 Å². The Hall–Kier alpha value is -1.80. The fraction of sp³-hybridized carbons (Fsp3) is 0.375. The van der Waals surface area contributed by atoms with Crippen LogP contribution in [0.5, 0.6) is 0 Å². The van der Waals surface area contributed by atoms with Crippen LogP contribution in [0.25, 0.3) is 0 Å². The third-order valence-corrected chi connectivity index (χ3v) is 5.62. The van der Waals surface area contributed by atoms with Crippen LogP contribution in [0.3, 0.4) is 0 Å². The molecule has 2 rings (SSSR count). The largest absolute Gasteiger partial charge is 0.475 e. The molecule has 6 nitrogen and oxygen atoms in total. The van der Waals surface area contributed by atoms with Crippen LogP contribution < -0.4 is 0 Å². The lowest BCUT2D eigenvalue weighted by molar-refractivity contribution is 0.0651. The number of carboxylic acid groups (broad SMARTS) is 2. The van der Waals surface area contributed by atoms with Crippen molar-refractivity contribution in [3.8, 4) is 0 Å². The second-order valence-electron chi connectivity index (χ2n) is 5.10. The van der Waals surface area contributed by atoms with Gasteiger partial charge in [-0.1, -0.05) is 0 Å². The van der Waals surface area contributed by atoms with Crippen molar-refractivity contribution in [1.82, 2.24) is 0 Å². The van der Waals surface area contributed by atoms with E-state index in [2.05, 4.69) is 0 Å². The molecule has 0 aliphatic carbocycles. The minimum atomic E-state index is -1.05. The summed E-state index contributed by atoms with van der Waals surface area (Å²) in [6, 6.07) is 3.14. The van der Waals surface area contributed by atoms with Crippen molar-refractivity contribution in [2.24, 2.45) is 0 Å². The molecule has 2 aromatic heterocycles. The van der Waals surface area contributed by atoms with Crippen LogP contribution in [0.15, 0.2) is 21.0 Å². The van der Waals surface area contributed by atoms with Gasteiger partial charge in [-0.3, -0.25) is 0 Å². The van der Waals surface area contributed by atoms with E-state index in [1.54, 1.807) is 49.5 Å². The Kier molecular flexibility index (Phi) is 6.44. The Labute approximate surface area is 147 Å². The first-order valence-corrected chi connectivity index (χ1v) is 9.50. The second kappa shape index (κ2) is 8.34. The molecule has 2 heterocycles. The zero-order chi connectivity index (χ0) is 17.7. The molecule has 130 valence electrons. The zero-order valence-corrected chi connectivity index (χ0v) is 15.0. The van der Waals surface area contributed by atoms with Gasteiger partial charge >= 0.3 is 11.9 Å². The zero-order valence-electron chi connectivity index (χ0n) is 13.3. The fourth-order valence-corrected chi connectivity index (χ4v) is 4.26. The van der Waals surface area contributed by atoms with Crippen molar-refractivity contribution in [3.05, 3.63) is 46.3 Å². The maximum Gasteiger partial charge on any atom is 0.371 e. The Morgan fingerprint density at radius 3 is 1.54 bits per heavy atom. The molecule has 0 spiro atoms. The summed E-state index contributed by atoms with van der Waals surface area (Å²) in [4.78, 5) is 21.7. The maximum atomic E-state index is 10.8. The first kappa shape index (κ1) is 18.5. The topological polar surface area (TPSA) is 101 Å². The molecule has 0 unspecified atom stereocenters. The lowest BCUT2D eigenvalue weighted by atomic mass is 10.3. The highest BCUT2D eigenvalue weighted by molar-refractivity contribution is 8.02. The summed E-state index contributed by atoms with van der Waals surface area (Å²) in [6.07, 6.45) is 0.